The lowest BCUT2D eigenvalue weighted by Crippen LogP contribution is -2.12. The first kappa shape index (κ1) is 103. The fraction of sp³-hybridized carbons (Fsp3) is 0.288. The molecule has 4 aromatic heterocycles. The minimum absolute atomic E-state index is 0.143. The van der Waals surface area contributed by atoms with Gasteiger partial charge in [-0.1, -0.05) is 236 Å². The summed E-state index contributed by atoms with van der Waals surface area (Å²) < 4.78 is 20.0. The van der Waals surface area contributed by atoms with Crippen molar-refractivity contribution in [2.24, 2.45) is 11.8 Å². The highest BCUT2D eigenvalue weighted by atomic mass is 32.1. The molecule has 0 fully saturated rings. The number of ketones is 5. The lowest BCUT2D eigenvalue weighted by atomic mass is 9.95. The SMILES string of the molecule is CCCCC(=O)c1ccc(N(c2ccc(C(=O)CCCC)cc2)c2ccc(-c3c4nn(CC(CC)CCCC)nc4c(-c4ccc(N(c5ccccc5)c5ccc(C(=O)CCCC)cc5)cc4)c4[n-][s+]nc34)cc2)cc1.CCCCC(=O)c1ccc(N(c2ccccc2)c2ccc(-c3c4nn(CC(CC)CCCC)nc4c(-c4ccc(N(c5ccccc5)c5ccc(C(=O)CCCC)cc5)cc4)c4[n-][s+]nc34)cc2)cc1. The molecule has 18 rings (SSSR count). The van der Waals surface area contributed by atoms with Gasteiger partial charge in [-0.05, 0) is 285 Å². The maximum Gasteiger partial charge on any atom is 0.279 e. The van der Waals surface area contributed by atoms with E-state index in [1.165, 1.54) is 29.9 Å². The van der Waals surface area contributed by atoms with Crippen LogP contribution in [-0.4, -0.2) is 67.7 Å². The predicted molar refractivity (Wildman–Crippen MR) is 603 cm³/mol. The number of unbranched alkanes of at least 4 members (excludes halogenated alkanes) is 7. The molecule has 0 N–H and O–H groups in total. The van der Waals surface area contributed by atoms with Crippen LogP contribution in [0.3, 0.4) is 0 Å². The van der Waals surface area contributed by atoms with E-state index in [9.17, 15) is 24.0 Å². The van der Waals surface area contributed by atoms with E-state index in [-0.39, 0.29) is 28.9 Å². The van der Waals surface area contributed by atoms with Crippen LogP contribution in [0.5, 0.6) is 0 Å². The Morgan fingerprint density at radius 1 is 0.247 bits per heavy atom. The summed E-state index contributed by atoms with van der Waals surface area (Å²) in [5, 5.41) is 21.3. The molecule has 21 heteroatoms. The number of carbonyl (C=O) groups excluding carboxylic acids is 5. The summed E-state index contributed by atoms with van der Waals surface area (Å²) in [7, 11) is 0. The highest BCUT2D eigenvalue weighted by molar-refractivity contribution is 7.00. The molecule has 0 aliphatic rings. The van der Waals surface area contributed by atoms with Crippen LogP contribution in [0.2, 0.25) is 0 Å². The maximum atomic E-state index is 13.1. The van der Waals surface area contributed by atoms with Gasteiger partial charge in [-0.2, -0.15) is 47.5 Å². The van der Waals surface area contributed by atoms with Crippen LogP contribution < -0.4 is 28.3 Å². The van der Waals surface area contributed by atoms with E-state index in [0.717, 1.165) is 289 Å². The van der Waals surface area contributed by atoms with Crippen LogP contribution in [0.1, 0.15) is 262 Å². The zero-order valence-electron chi connectivity index (χ0n) is 85.4. The second-order valence-corrected chi connectivity index (χ2v) is 39.1. The van der Waals surface area contributed by atoms with Crippen LogP contribution in [-0.2, 0) is 13.1 Å². The normalized spacial score (nSPS) is 11.8. The van der Waals surface area contributed by atoms with Crippen molar-refractivity contribution in [1.82, 2.24) is 47.5 Å². The number of fused-ring (bicyclic) bond motifs is 4. The number of benzene rings is 14. The van der Waals surface area contributed by atoms with Crippen molar-refractivity contribution in [1.29, 1.82) is 0 Å². The van der Waals surface area contributed by atoms with Crippen LogP contribution in [0.25, 0.3) is 88.6 Å². The minimum atomic E-state index is 0.143. The van der Waals surface area contributed by atoms with Crippen molar-refractivity contribution in [3.63, 3.8) is 0 Å². The smallest absolute Gasteiger partial charge is 0.279 e. The van der Waals surface area contributed by atoms with Gasteiger partial charge in [-0.3, -0.25) is 24.0 Å². The number of hydrogen-bond acceptors (Lipinski definition) is 15. The lowest BCUT2D eigenvalue weighted by molar-refractivity contribution is 0.0972. The van der Waals surface area contributed by atoms with Crippen molar-refractivity contribution in [3.05, 3.63) is 337 Å². The number of para-hydroxylation sites is 3. The number of hydrogen-bond donors (Lipinski definition) is 0. The van der Waals surface area contributed by atoms with Crippen molar-refractivity contribution >= 4 is 165 Å². The zero-order chi connectivity index (χ0) is 101. The predicted octanol–water partition coefficient (Wildman–Crippen LogP) is 34.4. The number of Topliss-reactive ketones (excluding diaryl/α,β-unsaturated/α-hetero) is 5. The van der Waals surface area contributed by atoms with Crippen LogP contribution >= 0.6 is 23.5 Å². The van der Waals surface area contributed by atoms with E-state index in [1.54, 1.807) is 0 Å². The van der Waals surface area contributed by atoms with Crippen molar-refractivity contribution in [3.8, 4) is 44.5 Å². The summed E-state index contributed by atoms with van der Waals surface area (Å²) in [6.07, 6.45) is 20.9. The maximum absolute atomic E-state index is 13.1. The Labute approximate surface area is 866 Å². The van der Waals surface area contributed by atoms with E-state index in [4.69, 9.17) is 37.9 Å². The Bertz CT molecular complexity index is 7140. The third-order valence-corrected chi connectivity index (χ3v) is 28.9. The van der Waals surface area contributed by atoms with Gasteiger partial charge in [0.1, 0.15) is 22.1 Å². The number of carbonyl (C=O) groups is 5. The summed E-state index contributed by atoms with van der Waals surface area (Å²) in [5.74, 6) is 1.68. The molecule has 146 heavy (non-hydrogen) atoms. The Morgan fingerprint density at radius 3 is 0.658 bits per heavy atom. The number of aromatic nitrogens is 10. The van der Waals surface area contributed by atoms with Gasteiger partial charge in [0.2, 0.25) is 0 Å². The molecule has 2 unspecified atom stereocenters. The van der Waals surface area contributed by atoms with Crippen molar-refractivity contribution in [2.75, 3.05) is 19.6 Å². The summed E-state index contributed by atoms with van der Waals surface area (Å²) in [4.78, 5) is 77.5. The molecular formula is C125H130N14O5S2. The molecule has 0 aliphatic heterocycles. The number of rotatable bonds is 48. The molecule has 0 amide bonds. The molecule has 0 spiro atoms. The van der Waals surface area contributed by atoms with Gasteiger partial charge in [-0.25, -0.2) is 0 Å². The molecule has 0 bridgehead atoms. The topological polar surface area (TPSA) is 214 Å². The highest BCUT2D eigenvalue weighted by Crippen LogP contribution is 2.49. The van der Waals surface area contributed by atoms with Gasteiger partial charge in [0, 0.05) is 172 Å². The van der Waals surface area contributed by atoms with E-state index in [2.05, 4.69) is 215 Å². The molecule has 0 aliphatic carbocycles. The first-order chi connectivity index (χ1) is 71.6. The van der Waals surface area contributed by atoms with Gasteiger partial charge < -0.3 is 19.6 Å². The molecule has 4 heterocycles. The van der Waals surface area contributed by atoms with Crippen molar-refractivity contribution in [2.45, 2.75) is 223 Å². The third kappa shape index (κ3) is 23.7. The Kier molecular flexibility index (Phi) is 34.8. The lowest BCUT2D eigenvalue weighted by Gasteiger charge is -2.26. The standard InChI is InChI=1S/C65H69N7O3S.C60H61N7O2S/c1-6-11-18-45(10-5)44-70-66-62-60(49-30-40-55(41-31-49)71(51-19-16-15-17-20-51)52-34-24-46(25-35-52)57(73)21-12-7-2)64-65(69-76-68-64)61(63(62)67-70)50-32-42-56(43-33-50)72(53-36-26-47(27-37-53)58(74)22-13-8-3)54-38-28-48(29-39-54)59(75)23-14-9-4;1-5-9-18-42(8-4)41-65-61-57-55(45-29-37-51(38-30-45)66(47-19-14-12-15-20-47)49-33-25-43(26-34-49)53(68)23-10-6-2)59-60(64-70-63-59)56(58(57)62-65)46-31-39-52(40-32-46)67(48-21-16-13-17-22-48)50-35-27-44(28-36-50)54(69)24-11-7-3/h15-17,19-20,24-43,45H,6-14,18,21-23,44H2,1-5H3;12-17,19-22,25-40,42H,5-11,18,23-24,41H2,1-4H3. The van der Waals surface area contributed by atoms with E-state index >= 15 is 0 Å². The summed E-state index contributed by atoms with van der Waals surface area (Å²) >= 11 is 2.39. The average molecular weight is 1970 g/mol. The van der Waals surface area contributed by atoms with E-state index in [1.807, 2.05) is 186 Å². The third-order valence-electron chi connectivity index (χ3n) is 27.8. The molecule has 18 aromatic rings. The highest BCUT2D eigenvalue weighted by Gasteiger charge is 2.29. The van der Waals surface area contributed by atoms with Crippen LogP contribution in [0.15, 0.2) is 309 Å². The Morgan fingerprint density at radius 2 is 0.445 bits per heavy atom. The average Bonchev–Trinajstić information content (AvgIpc) is 1.57. The Hall–Kier alpha value is -14.9. The van der Waals surface area contributed by atoms with Gasteiger partial charge >= 0.3 is 0 Å². The fourth-order valence-corrected chi connectivity index (χ4v) is 20.5. The van der Waals surface area contributed by atoms with Gasteiger partial charge in [0.05, 0.1) is 13.1 Å². The number of nitrogens with zero attached hydrogens (tertiary/aromatic N) is 14. The first-order valence-corrected chi connectivity index (χ1v) is 54.1. The molecule has 0 radical (unpaired) electrons. The summed E-state index contributed by atoms with van der Waals surface area (Å²) in [6, 6.07) is 105. The molecule has 19 nitrogen and oxygen atoms in total. The van der Waals surface area contributed by atoms with E-state index < -0.39 is 0 Å². The van der Waals surface area contributed by atoms with Crippen LogP contribution in [0, 0.1) is 11.8 Å². The van der Waals surface area contributed by atoms with Crippen molar-refractivity contribution < 1.29 is 24.0 Å². The second kappa shape index (κ2) is 49.6. The summed E-state index contributed by atoms with van der Waals surface area (Å²) in [5.41, 5.74) is 28.8. The van der Waals surface area contributed by atoms with Gasteiger partial charge in [-0.15, -0.1) is 0 Å². The van der Waals surface area contributed by atoms with Gasteiger partial charge in [0.25, 0.3) is 23.5 Å². The second-order valence-electron chi connectivity index (χ2n) is 38.1. The summed E-state index contributed by atoms with van der Waals surface area (Å²) in [6.45, 7) is 20.9. The molecular weight excluding hydrogens is 1840 g/mol. The quantitative estimate of drug-likeness (QED) is 0.0256. The molecule has 2 atom stereocenters. The molecule has 0 saturated heterocycles. The number of anilines is 12. The minimum Gasteiger partial charge on any atom is -0.311 e. The van der Waals surface area contributed by atoms with E-state index in [0.29, 0.717) is 61.6 Å². The first-order valence-electron chi connectivity index (χ1n) is 52.6. The molecule has 14 aromatic carbocycles. The molecule has 742 valence electrons. The zero-order valence-corrected chi connectivity index (χ0v) is 87.0. The van der Waals surface area contributed by atoms with Gasteiger partial charge in [0.15, 0.2) is 28.9 Å². The fourth-order valence-electron chi connectivity index (χ4n) is 19.4. The Balaban J connectivity index is 0.000000200. The van der Waals surface area contributed by atoms with Crippen LogP contribution in [0.4, 0.5) is 68.2 Å². The largest absolute Gasteiger partial charge is 0.311 e. The monoisotopic (exact) mass is 1970 g/mol. The molecule has 0 saturated carbocycles.